The summed E-state index contributed by atoms with van der Waals surface area (Å²) in [6.07, 6.45) is 3.85. The van der Waals surface area contributed by atoms with E-state index in [1.807, 2.05) is 6.07 Å². The van der Waals surface area contributed by atoms with Crippen LogP contribution in [0, 0.1) is 24.2 Å². The third-order valence-electron chi connectivity index (χ3n) is 4.95. The number of sulfonamides is 1. The number of nitriles is 1. The Morgan fingerprint density at radius 3 is 2.75 bits per heavy atom. The summed E-state index contributed by atoms with van der Waals surface area (Å²) < 4.78 is 25.7. The van der Waals surface area contributed by atoms with Gasteiger partial charge < -0.3 is 5.32 Å². The van der Waals surface area contributed by atoms with E-state index in [9.17, 15) is 18.5 Å². The maximum absolute atomic E-state index is 12.7. The van der Waals surface area contributed by atoms with E-state index >= 15 is 0 Å². The van der Waals surface area contributed by atoms with Gasteiger partial charge in [-0.2, -0.15) is 5.26 Å². The molecule has 0 bridgehead atoms. The molecular weight excluding hydrogens is 394 g/mol. The van der Waals surface area contributed by atoms with Crippen LogP contribution in [-0.4, -0.2) is 27.1 Å². The number of fused-ring (bicyclic) bond motifs is 1. The van der Waals surface area contributed by atoms with Crippen molar-refractivity contribution in [3.05, 3.63) is 45.8 Å². The topological polar surface area (TPSA) is 90.3 Å². The molecule has 28 heavy (non-hydrogen) atoms. The first-order valence-corrected chi connectivity index (χ1v) is 11.7. The smallest absolute Gasteiger partial charge is 0.245 e. The summed E-state index contributed by atoms with van der Waals surface area (Å²) in [5, 5.41) is 12.9. The second-order valence-corrected chi connectivity index (χ2v) is 10.3. The van der Waals surface area contributed by atoms with Crippen LogP contribution in [-0.2, 0) is 27.7 Å². The zero-order valence-electron chi connectivity index (χ0n) is 16.2. The molecule has 148 valence electrons. The average molecular weight is 418 g/mol. The fourth-order valence-electron chi connectivity index (χ4n) is 3.48. The first kappa shape index (κ1) is 20.4. The molecule has 0 fully saturated rings. The van der Waals surface area contributed by atoms with Crippen LogP contribution in [0.15, 0.2) is 24.3 Å². The van der Waals surface area contributed by atoms with Crippen LogP contribution < -0.4 is 9.62 Å². The number of aryl methyl sites for hydroxylation is 1. The Hall–Kier alpha value is -2.37. The van der Waals surface area contributed by atoms with Crippen molar-refractivity contribution >= 4 is 38.0 Å². The van der Waals surface area contributed by atoms with Crippen molar-refractivity contribution in [3.8, 4) is 6.07 Å². The molecule has 1 N–H and O–H groups in total. The zero-order chi connectivity index (χ0) is 20.5. The molecule has 1 heterocycles. The van der Waals surface area contributed by atoms with E-state index in [1.165, 1.54) is 11.3 Å². The van der Waals surface area contributed by atoms with Gasteiger partial charge in [0.2, 0.25) is 15.9 Å². The lowest BCUT2D eigenvalue weighted by Crippen LogP contribution is -2.37. The first-order chi connectivity index (χ1) is 13.2. The van der Waals surface area contributed by atoms with Crippen LogP contribution in [0.2, 0.25) is 0 Å². The molecule has 8 heteroatoms. The Morgan fingerprint density at radius 1 is 1.39 bits per heavy atom. The normalized spacial score (nSPS) is 16.1. The second-order valence-electron chi connectivity index (χ2n) is 7.27. The fraction of sp³-hybridized carbons (Fsp3) is 0.400. The number of hydrogen-bond donors (Lipinski definition) is 1. The molecule has 0 radical (unpaired) electrons. The quantitative estimate of drug-likeness (QED) is 0.807. The molecule has 0 spiro atoms. The summed E-state index contributed by atoms with van der Waals surface area (Å²) >= 11 is 1.43. The van der Waals surface area contributed by atoms with Crippen molar-refractivity contribution in [2.45, 2.75) is 33.1 Å². The Bertz CT molecular complexity index is 1050. The number of anilines is 2. The lowest BCUT2D eigenvalue weighted by Gasteiger charge is -2.23. The number of hydrogen-bond acceptors (Lipinski definition) is 5. The number of carbonyl (C=O) groups is 1. The van der Waals surface area contributed by atoms with Crippen LogP contribution in [0.3, 0.4) is 0 Å². The Balaban J connectivity index is 1.85. The molecule has 0 aliphatic heterocycles. The van der Waals surface area contributed by atoms with Gasteiger partial charge >= 0.3 is 0 Å². The van der Waals surface area contributed by atoms with Gasteiger partial charge in [-0.05, 0) is 49.3 Å². The number of carbonyl (C=O) groups excluding carboxylic acids is 1. The van der Waals surface area contributed by atoms with Gasteiger partial charge in [0, 0.05) is 4.88 Å². The minimum absolute atomic E-state index is 0.340. The Morgan fingerprint density at radius 2 is 2.11 bits per heavy atom. The number of para-hydroxylation sites is 1. The molecule has 1 unspecified atom stereocenters. The van der Waals surface area contributed by atoms with Crippen molar-refractivity contribution < 1.29 is 13.2 Å². The highest BCUT2D eigenvalue weighted by Gasteiger charge is 2.26. The van der Waals surface area contributed by atoms with E-state index < -0.39 is 15.9 Å². The first-order valence-electron chi connectivity index (χ1n) is 9.08. The number of nitrogens with zero attached hydrogens (tertiary/aromatic N) is 2. The zero-order valence-corrected chi connectivity index (χ0v) is 17.8. The van der Waals surface area contributed by atoms with Gasteiger partial charge in [0.15, 0.2) is 0 Å². The van der Waals surface area contributed by atoms with E-state index in [-0.39, 0.29) is 6.54 Å². The monoisotopic (exact) mass is 417 g/mol. The molecule has 1 aliphatic rings. The molecule has 1 aromatic carbocycles. The van der Waals surface area contributed by atoms with E-state index in [0.717, 1.165) is 45.8 Å². The van der Waals surface area contributed by atoms with Crippen LogP contribution in [0.1, 0.15) is 34.9 Å². The predicted molar refractivity (Wildman–Crippen MR) is 112 cm³/mol. The highest BCUT2D eigenvalue weighted by Crippen LogP contribution is 2.39. The predicted octanol–water partition coefficient (Wildman–Crippen LogP) is 3.46. The summed E-state index contributed by atoms with van der Waals surface area (Å²) in [7, 11) is -3.64. The highest BCUT2D eigenvalue weighted by molar-refractivity contribution is 7.92. The molecule has 0 saturated carbocycles. The number of benzene rings is 1. The average Bonchev–Trinajstić information content (AvgIpc) is 2.95. The lowest BCUT2D eigenvalue weighted by atomic mass is 9.89. The number of rotatable bonds is 5. The van der Waals surface area contributed by atoms with E-state index in [4.69, 9.17) is 0 Å². The second kappa shape index (κ2) is 7.94. The summed E-state index contributed by atoms with van der Waals surface area (Å²) in [5.74, 6) is 0.0971. The highest BCUT2D eigenvalue weighted by atomic mass is 32.2. The third kappa shape index (κ3) is 4.21. The van der Waals surface area contributed by atoms with Crippen molar-refractivity contribution in [3.63, 3.8) is 0 Å². The summed E-state index contributed by atoms with van der Waals surface area (Å²) in [6, 6.07) is 9.24. The van der Waals surface area contributed by atoms with Crippen LogP contribution in [0.25, 0.3) is 0 Å². The molecule has 3 rings (SSSR count). The van der Waals surface area contributed by atoms with Gasteiger partial charge in [-0.1, -0.05) is 25.1 Å². The summed E-state index contributed by atoms with van der Waals surface area (Å²) in [5.41, 5.74) is 2.78. The molecule has 2 aromatic rings. The molecule has 1 atom stereocenters. The molecule has 0 saturated heterocycles. The number of thiophene rings is 1. The van der Waals surface area contributed by atoms with Gasteiger partial charge in [-0.25, -0.2) is 8.42 Å². The van der Waals surface area contributed by atoms with Crippen LogP contribution in [0.5, 0.6) is 0 Å². The fourth-order valence-corrected chi connectivity index (χ4v) is 5.77. The van der Waals surface area contributed by atoms with Gasteiger partial charge in [0.05, 0.1) is 17.5 Å². The van der Waals surface area contributed by atoms with Gasteiger partial charge in [-0.3, -0.25) is 9.10 Å². The van der Waals surface area contributed by atoms with E-state index in [2.05, 4.69) is 18.3 Å². The summed E-state index contributed by atoms with van der Waals surface area (Å²) in [4.78, 5) is 13.8. The number of nitrogens with one attached hydrogen (secondary N) is 1. The van der Waals surface area contributed by atoms with Crippen LogP contribution >= 0.6 is 11.3 Å². The minimum atomic E-state index is -3.64. The van der Waals surface area contributed by atoms with Crippen molar-refractivity contribution in [1.82, 2.24) is 0 Å². The summed E-state index contributed by atoms with van der Waals surface area (Å²) in [6.45, 7) is 3.64. The lowest BCUT2D eigenvalue weighted by molar-refractivity contribution is -0.114. The number of amides is 1. The van der Waals surface area contributed by atoms with Crippen molar-refractivity contribution in [2.75, 3.05) is 22.4 Å². The van der Waals surface area contributed by atoms with Crippen molar-refractivity contribution in [1.29, 1.82) is 5.26 Å². The molecular formula is C20H23N3O3S2. The molecule has 1 aromatic heterocycles. The SMILES string of the molecule is Cc1ccccc1N(CC(=O)Nc1sc2c(c1C#N)CCC(C)C2)S(C)(=O)=O. The minimum Gasteiger partial charge on any atom is -0.315 e. The van der Waals surface area contributed by atoms with Gasteiger partial charge in [0.1, 0.15) is 17.6 Å². The van der Waals surface area contributed by atoms with E-state index in [0.29, 0.717) is 22.2 Å². The van der Waals surface area contributed by atoms with Crippen molar-refractivity contribution in [2.24, 2.45) is 5.92 Å². The molecule has 6 nitrogen and oxygen atoms in total. The van der Waals surface area contributed by atoms with Gasteiger partial charge in [-0.15, -0.1) is 11.3 Å². The standard InChI is InChI=1S/C20H23N3O3S2/c1-13-8-9-15-16(11-21)20(27-18(15)10-13)22-19(24)12-23(28(3,25)26)17-7-5-4-6-14(17)2/h4-7,13H,8-10,12H2,1-3H3,(H,22,24). The third-order valence-corrected chi connectivity index (χ3v) is 7.24. The Labute approximate surface area is 169 Å². The van der Waals surface area contributed by atoms with E-state index in [1.54, 1.807) is 25.1 Å². The van der Waals surface area contributed by atoms with Crippen LogP contribution in [0.4, 0.5) is 10.7 Å². The molecule has 1 amide bonds. The maximum Gasteiger partial charge on any atom is 0.245 e. The van der Waals surface area contributed by atoms with Gasteiger partial charge in [0.25, 0.3) is 0 Å². The Kier molecular flexibility index (Phi) is 5.77. The molecule has 1 aliphatic carbocycles. The largest absolute Gasteiger partial charge is 0.315 e. The maximum atomic E-state index is 12.7.